The molecule has 0 bridgehead atoms. The number of hydrogen-bond donors (Lipinski definition) is 0. The summed E-state index contributed by atoms with van der Waals surface area (Å²) in [5.74, 6) is -1.10. The van der Waals surface area contributed by atoms with Crippen molar-refractivity contribution >= 4 is 28.9 Å². The van der Waals surface area contributed by atoms with Gasteiger partial charge in [0.05, 0.1) is 17.6 Å². The summed E-state index contributed by atoms with van der Waals surface area (Å²) in [6.45, 7) is 0. The molecule has 6 heteroatoms. The first-order valence-electron chi connectivity index (χ1n) is 5.39. The highest BCUT2D eigenvalue weighted by atomic mass is 32.1. The van der Waals surface area contributed by atoms with E-state index in [1.54, 1.807) is 0 Å². The molecule has 0 spiro atoms. The number of thiophene rings is 1. The van der Waals surface area contributed by atoms with Crippen LogP contribution in [0.25, 0.3) is 0 Å². The third kappa shape index (κ3) is 1.61. The van der Waals surface area contributed by atoms with Gasteiger partial charge in [-0.05, 0) is 12.1 Å². The van der Waals surface area contributed by atoms with E-state index in [0.29, 0.717) is 5.56 Å². The Balaban J connectivity index is 2.21. The molecule has 0 fully saturated rings. The van der Waals surface area contributed by atoms with Crippen LogP contribution in [0.15, 0.2) is 24.5 Å². The molecule has 2 heterocycles. The van der Waals surface area contributed by atoms with Gasteiger partial charge in [0.25, 0.3) is 0 Å². The number of carbonyl (C=O) groups is 3. The summed E-state index contributed by atoms with van der Waals surface area (Å²) < 4.78 is 4.60. The Hall–Kier alpha value is -2.34. The second kappa shape index (κ2) is 4.10. The van der Waals surface area contributed by atoms with Gasteiger partial charge in [-0.25, -0.2) is 4.79 Å². The molecule has 0 aromatic carbocycles. The number of fused-ring (bicyclic) bond motifs is 2. The fourth-order valence-corrected chi connectivity index (χ4v) is 3.00. The highest BCUT2D eigenvalue weighted by molar-refractivity contribution is 7.16. The summed E-state index contributed by atoms with van der Waals surface area (Å²) >= 11 is 0.978. The molecule has 2 aromatic heterocycles. The molecule has 0 aliphatic heterocycles. The minimum absolute atomic E-state index is 0.245. The molecule has 0 atom stereocenters. The summed E-state index contributed by atoms with van der Waals surface area (Å²) in [7, 11) is 1.25. The summed E-state index contributed by atoms with van der Waals surface area (Å²) in [5, 5.41) is 0. The number of hydrogen-bond acceptors (Lipinski definition) is 6. The lowest BCUT2D eigenvalue weighted by molar-refractivity contribution is 0.0606. The minimum atomic E-state index is -0.554. The topological polar surface area (TPSA) is 73.3 Å². The van der Waals surface area contributed by atoms with Gasteiger partial charge in [-0.15, -0.1) is 11.3 Å². The number of ether oxygens (including phenoxy) is 1. The van der Waals surface area contributed by atoms with Gasteiger partial charge in [0, 0.05) is 23.5 Å². The maximum absolute atomic E-state index is 12.3. The lowest BCUT2D eigenvalue weighted by Crippen LogP contribution is -2.18. The van der Waals surface area contributed by atoms with Crippen LogP contribution in [-0.4, -0.2) is 29.6 Å². The predicted molar refractivity (Wildman–Crippen MR) is 66.8 cm³/mol. The molecule has 5 nitrogen and oxygen atoms in total. The smallest absolute Gasteiger partial charge is 0.348 e. The number of carbonyl (C=O) groups excluding carboxylic acids is 3. The number of nitrogens with zero attached hydrogens (tertiary/aromatic N) is 1. The number of esters is 1. The van der Waals surface area contributed by atoms with Crippen LogP contribution in [0, 0.1) is 0 Å². The van der Waals surface area contributed by atoms with Gasteiger partial charge in [0.1, 0.15) is 4.88 Å². The van der Waals surface area contributed by atoms with Crippen LogP contribution in [0.1, 0.15) is 40.8 Å². The van der Waals surface area contributed by atoms with Gasteiger partial charge >= 0.3 is 5.97 Å². The fourth-order valence-electron chi connectivity index (χ4n) is 1.97. The van der Waals surface area contributed by atoms with Gasteiger partial charge in [0.2, 0.25) is 5.78 Å². The lowest BCUT2D eigenvalue weighted by Gasteiger charge is -2.12. The predicted octanol–water partition coefficient (Wildman–Crippen LogP) is 1.71. The molecule has 19 heavy (non-hydrogen) atoms. The highest BCUT2D eigenvalue weighted by Gasteiger charge is 2.33. The second-order valence-electron chi connectivity index (χ2n) is 3.92. The molecular formula is C13H7NO4S. The zero-order chi connectivity index (χ0) is 13.6. The number of pyridine rings is 1. The fraction of sp³-hybridized carbons (Fsp3) is 0.0769. The Morgan fingerprint density at radius 2 is 2.00 bits per heavy atom. The Morgan fingerprint density at radius 3 is 2.74 bits per heavy atom. The quantitative estimate of drug-likeness (QED) is 0.631. The standard InChI is InChI=1S/C13H7NO4S/c1-18-13(17)9-4-7-10(15)8-5-14-3-2-6(8)11(16)12(7)19-9/h2-5H,1H3. The second-order valence-corrected chi connectivity index (χ2v) is 4.98. The highest BCUT2D eigenvalue weighted by Crippen LogP contribution is 2.33. The van der Waals surface area contributed by atoms with E-state index in [-0.39, 0.29) is 32.4 Å². The van der Waals surface area contributed by atoms with Gasteiger partial charge in [0.15, 0.2) is 5.78 Å². The molecule has 94 valence electrons. The summed E-state index contributed by atoms with van der Waals surface area (Å²) in [6, 6.07) is 2.91. The van der Waals surface area contributed by atoms with Gasteiger partial charge in [-0.1, -0.05) is 0 Å². The summed E-state index contributed by atoms with van der Waals surface area (Å²) in [6.07, 6.45) is 2.83. The van der Waals surface area contributed by atoms with E-state index < -0.39 is 5.97 Å². The molecule has 0 amide bonds. The van der Waals surface area contributed by atoms with Gasteiger partial charge in [-0.3, -0.25) is 14.6 Å². The lowest BCUT2D eigenvalue weighted by atomic mass is 9.90. The van der Waals surface area contributed by atoms with Crippen LogP contribution >= 0.6 is 11.3 Å². The molecule has 0 N–H and O–H groups in total. The maximum atomic E-state index is 12.3. The molecular weight excluding hydrogens is 266 g/mol. The van der Waals surface area contributed by atoms with Crippen molar-refractivity contribution in [2.75, 3.05) is 7.11 Å². The SMILES string of the molecule is COC(=O)c1cc2c(s1)C(=O)c1ccncc1C2=O. The van der Waals surface area contributed by atoms with Crippen molar-refractivity contribution in [1.29, 1.82) is 0 Å². The van der Waals surface area contributed by atoms with Gasteiger partial charge < -0.3 is 4.74 Å². The molecule has 0 unspecified atom stereocenters. The third-order valence-electron chi connectivity index (χ3n) is 2.88. The molecule has 1 aliphatic carbocycles. The van der Waals surface area contributed by atoms with Crippen molar-refractivity contribution in [3.8, 4) is 0 Å². The van der Waals surface area contributed by atoms with E-state index in [1.807, 2.05) is 0 Å². The van der Waals surface area contributed by atoms with E-state index in [9.17, 15) is 14.4 Å². The number of ketones is 2. The summed E-state index contributed by atoms with van der Waals surface area (Å²) in [5.41, 5.74) is 0.843. The van der Waals surface area contributed by atoms with Crippen molar-refractivity contribution in [3.63, 3.8) is 0 Å². The maximum Gasteiger partial charge on any atom is 0.348 e. The first-order chi connectivity index (χ1) is 9.13. The largest absolute Gasteiger partial charge is 0.465 e. The third-order valence-corrected chi connectivity index (χ3v) is 3.99. The molecule has 3 rings (SSSR count). The first-order valence-corrected chi connectivity index (χ1v) is 6.20. The normalized spacial score (nSPS) is 12.9. The van der Waals surface area contributed by atoms with Crippen LogP contribution in [-0.2, 0) is 4.74 Å². The van der Waals surface area contributed by atoms with Gasteiger partial charge in [-0.2, -0.15) is 0 Å². The van der Waals surface area contributed by atoms with Crippen LogP contribution in [0.3, 0.4) is 0 Å². The molecule has 0 saturated carbocycles. The van der Waals surface area contributed by atoms with Crippen LogP contribution in [0.4, 0.5) is 0 Å². The Bertz CT molecular complexity index is 679. The van der Waals surface area contributed by atoms with E-state index in [2.05, 4.69) is 9.72 Å². The van der Waals surface area contributed by atoms with E-state index in [4.69, 9.17) is 0 Å². The zero-order valence-electron chi connectivity index (χ0n) is 9.80. The number of rotatable bonds is 1. The van der Waals surface area contributed by atoms with Crippen molar-refractivity contribution in [1.82, 2.24) is 4.98 Å². The average Bonchev–Trinajstić information content (AvgIpc) is 2.89. The number of aromatic nitrogens is 1. The van der Waals surface area contributed by atoms with Crippen molar-refractivity contribution in [2.24, 2.45) is 0 Å². The Kier molecular flexibility index (Phi) is 2.53. The number of methoxy groups -OCH3 is 1. The molecule has 0 saturated heterocycles. The van der Waals surface area contributed by atoms with Crippen LogP contribution < -0.4 is 0 Å². The van der Waals surface area contributed by atoms with E-state index in [1.165, 1.54) is 31.6 Å². The molecule has 2 aromatic rings. The van der Waals surface area contributed by atoms with Crippen molar-refractivity contribution < 1.29 is 19.1 Å². The van der Waals surface area contributed by atoms with Crippen molar-refractivity contribution in [3.05, 3.63) is 51.0 Å². The first kappa shape index (κ1) is 11.7. The zero-order valence-corrected chi connectivity index (χ0v) is 10.6. The van der Waals surface area contributed by atoms with E-state index >= 15 is 0 Å². The Morgan fingerprint density at radius 1 is 1.21 bits per heavy atom. The Labute approximate surface area is 111 Å². The molecule has 0 radical (unpaired) electrons. The average molecular weight is 273 g/mol. The summed E-state index contributed by atoms with van der Waals surface area (Å²) in [4.78, 5) is 40.3. The minimum Gasteiger partial charge on any atom is -0.465 e. The van der Waals surface area contributed by atoms with Crippen LogP contribution in [0.2, 0.25) is 0 Å². The van der Waals surface area contributed by atoms with Crippen molar-refractivity contribution in [2.45, 2.75) is 0 Å². The van der Waals surface area contributed by atoms with E-state index in [0.717, 1.165) is 11.3 Å². The monoisotopic (exact) mass is 273 g/mol. The molecule has 1 aliphatic rings. The van der Waals surface area contributed by atoms with Crippen LogP contribution in [0.5, 0.6) is 0 Å².